The normalized spacial score (nSPS) is 27.8. The third kappa shape index (κ3) is 2.93. The Kier molecular flexibility index (Phi) is 4.95. The Balaban J connectivity index is 2.64. The van der Waals surface area contributed by atoms with E-state index >= 15 is 0 Å². The van der Waals surface area contributed by atoms with Gasteiger partial charge in [0.15, 0.2) is 5.84 Å². The minimum Gasteiger partial charge on any atom is -0.409 e. The van der Waals surface area contributed by atoms with Crippen LogP contribution in [0.15, 0.2) is 5.16 Å². The lowest BCUT2D eigenvalue weighted by atomic mass is 9.85. The number of nitrogens with two attached hydrogens (primary N) is 1. The first-order valence-electron chi connectivity index (χ1n) is 6.29. The Morgan fingerprint density at radius 1 is 1.61 bits per heavy atom. The van der Waals surface area contributed by atoms with Gasteiger partial charge in [0.2, 0.25) is 5.91 Å². The van der Waals surface area contributed by atoms with Crippen LogP contribution >= 0.6 is 0 Å². The quantitative estimate of drug-likeness (QED) is 0.294. The summed E-state index contributed by atoms with van der Waals surface area (Å²) in [6.45, 7) is 3.52. The fraction of sp³-hybridized carbons (Fsp3) is 0.833. The molecule has 0 heterocycles. The second-order valence-electron chi connectivity index (χ2n) is 5.01. The maximum absolute atomic E-state index is 12.2. The maximum Gasteiger partial charge on any atom is 0.233 e. The van der Waals surface area contributed by atoms with Gasteiger partial charge in [0.05, 0.1) is 6.10 Å². The summed E-state index contributed by atoms with van der Waals surface area (Å²) in [5.41, 5.74) is 4.65. The first kappa shape index (κ1) is 14.8. The molecule has 0 aromatic carbocycles. The van der Waals surface area contributed by atoms with E-state index in [1.54, 1.807) is 14.0 Å². The zero-order valence-corrected chi connectivity index (χ0v) is 11.3. The Morgan fingerprint density at radius 3 is 2.72 bits per heavy atom. The highest BCUT2D eigenvalue weighted by Crippen LogP contribution is 2.25. The zero-order chi connectivity index (χ0) is 13.8. The van der Waals surface area contributed by atoms with Gasteiger partial charge < -0.3 is 21.0 Å². The number of carbonyl (C=O) groups is 1. The highest BCUT2D eigenvalue weighted by atomic mass is 16.5. The lowest BCUT2D eigenvalue weighted by Gasteiger charge is -2.27. The van der Waals surface area contributed by atoms with Gasteiger partial charge in [-0.1, -0.05) is 12.1 Å². The van der Waals surface area contributed by atoms with E-state index < -0.39 is 5.41 Å². The van der Waals surface area contributed by atoms with E-state index in [-0.39, 0.29) is 23.9 Å². The first-order chi connectivity index (χ1) is 8.47. The van der Waals surface area contributed by atoms with E-state index in [1.165, 1.54) is 0 Å². The molecule has 3 unspecified atom stereocenters. The molecule has 0 aromatic rings. The standard InChI is InChI=1S/C12H23N3O3/c1-4-12(2,10(13)15-17)11(16)14-8-5-6-9(7-8)18-3/h8-9,17H,4-7H2,1-3H3,(H2,13,15)(H,14,16). The summed E-state index contributed by atoms with van der Waals surface area (Å²) >= 11 is 0. The van der Waals surface area contributed by atoms with Crippen LogP contribution in [-0.4, -0.2) is 36.2 Å². The lowest BCUT2D eigenvalue weighted by molar-refractivity contribution is -0.127. The molecule has 0 spiro atoms. The summed E-state index contributed by atoms with van der Waals surface area (Å²) in [6.07, 6.45) is 3.37. The Hall–Kier alpha value is -1.30. The van der Waals surface area contributed by atoms with Crippen molar-refractivity contribution in [3.63, 3.8) is 0 Å². The molecule has 0 saturated heterocycles. The van der Waals surface area contributed by atoms with Gasteiger partial charge in [-0.2, -0.15) is 0 Å². The summed E-state index contributed by atoms with van der Waals surface area (Å²) in [7, 11) is 1.68. The van der Waals surface area contributed by atoms with Crippen molar-refractivity contribution in [2.75, 3.05) is 7.11 Å². The van der Waals surface area contributed by atoms with Crippen LogP contribution in [0.3, 0.4) is 0 Å². The van der Waals surface area contributed by atoms with E-state index in [0.29, 0.717) is 6.42 Å². The molecule has 4 N–H and O–H groups in total. The number of nitrogens with zero attached hydrogens (tertiary/aromatic N) is 1. The third-order valence-electron chi connectivity index (χ3n) is 3.93. The summed E-state index contributed by atoms with van der Waals surface area (Å²) in [4.78, 5) is 12.2. The van der Waals surface area contributed by atoms with Crippen LogP contribution < -0.4 is 11.1 Å². The topological polar surface area (TPSA) is 96.9 Å². The van der Waals surface area contributed by atoms with Crippen LogP contribution in [0.4, 0.5) is 0 Å². The minimum atomic E-state index is -0.958. The molecular weight excluding hydrogens is 234 g/mol. The molecular formula is C12H23N3O3. The number of amides is 1. The molecule has 1 fully saturated rings. The van der Waals surface area contributed by atoms with Crippen LogP contribution in [0.2, 0.25) is 0 Å². The van der Waals surface area contributed by atoms with Gasteiger partial charge in [0.1, 0.15) is 5.41 Å². The summed E-state index contributed by atoms with van der Waals surface area (Å²) < 4.78 is 5.26. The summed E-state index contributed by atoms with van der Waals surface area (Å²) in [5, 5.41) is 14.7. The number of ether oxygens (including phenoxy) is 1. The Morgan fingerprint density at radius 2 is 2.28 bits per heavy atom. The highest BCUT2D eigenvalue weighted by molar-refractivity contribution is 6.06. The molecule has 1 rings (SSSR count). The smallest absolute Gasteiger partial charge is 0.233 e. The number of amidine groups is 1. The fourth-order valence-electron chi connectivity index (χ4n) is 2.20. The second kappa shape index (κ2) is 6.04. The minimum absolute atomic E-state index is 0.0520. The number of nitrogens with one attached hydrogen (secondary N) is 1. The molecule has 0 bridgehead atoms. The molecule has 1 amide bonds. The molecule has 0 aromatic heterocycles. The number of carbonyl (C=O) groups excluding carboxylic acids is 1. The average molecular weight is 257 g/mol. The summed E-state index contributed by atoms with van der Waals surface area (Å²) in [6, 6.07) is 0.111. The Labute approximate surface area is 108 Å². The molecule has 18 heavy (non-hydrogen) atoms. The number of methoxy groups -OCH3 is 1. The number of oxime groups is 1. The predicted molar refractivity (Wildman–Crippen MR) is 68.4 cm³/mol. The van der Waals surface area contributed by atoms with Gasteiger partial charge in [0.25, 0.3) is 0 Å². The van der Waals surface area contributed by atoms with Crippen molar-refractivity contribution in [1.82, 2.24) is 5.32 Å². The van der Waals surface area contributed by atoms with Gasteiger partial charge in [-0.3, -0.25) is 4.79 Å². The van der Waals surface area contributed by atoms with Crippen LogP contribution in [0.5, 0.6) is 0 Å². The van der Waals surface area contributed by atoms with Crippen molar-refractivity contribution in [3.05, 3.63) is 0 Å². The Bertz CT molecular complexity index is 333. The maximum atomic E-state index is 12.2. The highest BCUT2D eigenvalue weighted by Gasteiger charge is 2.38. The van der Waals surface area contributed by atoms with Crippen molar-refractivity contribution in [2.45, 2.75) is 51.7 Å². The van der Waals surface area contributed by atoms with Crippen LogP contribution in [0.1, 0.15) is 39.5 Å². The van der Waals surface area contributed by atoms with Gasteiger partial charge in [-0.25, -0.2) is 0 Å². The van der Waals surface area contributed by atoms with E-state index in [4.69, 9.17) is 15.7 Å². The number of rotatable bonds is 5. The van der Waals surface area contributed by atoms with Crippen LogP contribution in [0, 0.1) is 5.41 Å². The predicted octanol–water partition coefficient (Wildman–Crippen LogP) is 0.833. The monoisotopic (exact) mass is 257 g/mol. The van der Waals surface area contributed by atoms with Crippen LogP contribution in [0.25, 0.3) is 0 Å². The second-order valence-corrected chi connectivity index (χ2v) is 5.01. The van der Waals surface area contributed by atoms with Gasteiger partial charge in [-0.15, -0.1) is 0 Å². The largest absolute Gasteiger partial charge is 0.409 e. The SMILES string of the molecule is CCC(C)(C(=O)NC1CCC(OC)C1)C(N)=NO. The third-order valence-corrected chi connectivity index (χ3v) is 3.93. The lowest BCUT2D eigenvalue weighted by Crippen LogP contribution is -2.50. The molecule has 1 aliphatic rings. The van der Waals surface area contributed by atoms with Crippen molar-refractivity contribution in [2.24, 2.45) is 16.3 Å². The molecule has 6 nitrogen and oxygen atoms in total. The van der Waals surface area contributed by atoms with E-state index in [0.717, 1.165) is 19.3 Å². The molecule has 6 heteroatoms. The fourth-order valence-corrected chi connectivity index (χ4v) is 2.20. The molecule has 0 radical (unpaired) electrons. The van der Waals surface area contributed by atoms with Crippen molar-refractivity contribution >= 4 is 11.7 Å². The molecule has 3 atom stereocenters. The first-order valence-corrected chi connectivity index (χ1v) is 6.29. The van der Waals surface area contributed by atoms with Crippen molar-refractivity contribution < 1.29 is 14.7 Å². The van der Waals surface area contributed by atoms with Crippen LogP contribution in [-0.2, 0) is 9.53 Å². The molecule has 1 aliphatic carbocycles. The van der Waals surface area contributed by atoms with E-state index in [9.17, 15) is 4.79 Å². The van der Waals surface area contributed by atoms with Gasteiger partial charge in [-0.05, 0) is 32.6 Å². The average Bonchev–Trinajstić information content (AvgIpc) is 2.84. The number of hydrogen-bond donors (Lipinski definition) is 3. The molecule has 1 saturated carbocycles. The zero-order valence-electron chi connectivity index (χ0n) is 11.3. The van der Waals surface area contributed by atoms with Gasteiger partial charge in [0, 0.05) is 13.2 Å². The summed E-state index contributed by atoms with van der Waals surface area (Å²) in [5.74, 6) is -0.245. The van der Waals surface area contributed by atoms with E-state index in [2.05, 4.69) is 10.5 Å². The van der Waals surface area contributed by atoms with Crippen molar-refractivity contribution in [1.29, 1.82) is 0 Å². The molecule has 0 aliphatic heterocycles. The van der Waals surface area contributed by atoms with E-state index in [1.807, 2.05) is 6.92 Å². The van der Waals surface area contributed by atoms with Crippen molar-refractivity contribution in [3.8, 4) is 0 Å². The van der Waals surface area contributed by atoms with Gasteiger partial charge >= 0.3 is 0 Å². The number of hydrogen-bond acceptors (Lipinski definition) is 4. The molecule has 104 valence electrons.